The van der Waals surface area contributed by atoms with Gasteiger partial charge in [0.05, 0.1) is 16.8 Å². The van der Waals surface area contributed by atoms with Gasteiger partial charge in [-0.2, -0.15) is 0 Å². The highest BCUT2D eigenvalue weighted by Gasteiger charge is 2.35. The third-order valence-corrected chi connectivity index (χ3v) is 8.19. The lowest BCUT2D eigenvalue weighted by Gasteiger charge is -2.24. The monoisotopic (exact) mass is 649 g/mol. The minimum absolute atomic E-state index is 0.0509. The molecule has 0 radical (unpaired) electrons. The Hall–Kier alpha value is -5.34. The van der Waals surface area contributed by atoms with Crippen molar-refractivity contribution in [3.8, 4) is 0 Å². The summed E-state index contributed by atoms with van der Waals surface area (Å²) >= 11 is 0. The van der Waals surface area contributed by atoms with E-state index in [9.17, 15) is 39.4 Å². The summed E-state index contributed by atoms with van der Waals surface area (Å²) in [6.45, 7) is 7.73. The fourth-order valence-electron chi connectivity index (χ4n) is 5.43. The van der Waals surface area contributed by atoms with Gasteiger partial charge in [-0.25, -0.2) is 9.59 Å². The first-order valence-corrected chi connectivity index (χ1v) is 15.1. The van der Waals surface area contributed by atoms with Crippen LogP contribution in [0.25, 0.3) is 21.8 Å². The molecule has 0 amide bonds. The first-order valence-electron chi connectivity index (χ1n) is 15.1. The Labute approximate surface area is 268 Å². The molecule has 0 spiro atoms. The fourth-order valence-corrected chi connectivity index (χ4v) is 5.43. The van der Waals surface area contributed by atoms with Gasteiger partial charge in [-0.05, 0) is 44.0 Å². The Morgan fingerprint density at radius 3 is 1.96 bits per heavy atom. The molecule has 0 aliphatic heterocycles. The standard InChI is InChI=1S/C32H35N5O10/c1-16(2)31(40)46-33-18(5)29(38)21-14-24-23-13-20(9-12-25(23)35(6)28(24)26(15-21)37(44)45)30(39)27(34-47-32(41)17(3)4)19-7-10-22(11-8-19)36(42)43/h9,12-17,19,22H,7-8,10-11H2,1-6H3/b33-18+,34-27+. The predicted molar refractivity (Wildman–Crippen MR) is 171 cm³/mol. The van der Waals surface area contributed by atoms with E-state index in [-0.39, 0.29) is 64.4 Å². The molecule has 0 atom stereocenters. The van der Waals surface area contributed by atoms with Crippen molar-refractivity contribution in [3.63, 3.8) is 0 Å². The Balaban J connectivity index is 1.82. The number of Topliss-reactive ketones (excluding diaryl/α,β-unsaturated/α-hetero) is 2. The number of non-ortho nitro benzene ring substituents is 1. The zero-order valence-corrected chi connectivity index (χ0v) is 26.8. The van der Waals surface area contributed by atoms with Crippen molar-refractivity contribution in [1.82, 2.24) is 4.57 Å². The number of rotatable bonds is 11. The highest BCUT2D eigenvalue weighted by atomic mass is 16.7. The van der Waals surface area contributed by atoms with Crippen LogP contribution in [0.4, 0.5) is 5.69 Å². The van der Waals surface area contributed by atoms with Crippen LogP contribution in [0.1, 0.15) is 81.0 Å². The van der Waals surface area contributed by atoms with Gasteiger partial charge in [-0.1, -0.05) is 38.0 Å². The van der Waals surface area contributed by atoms with Crippen LogP contribution in [0.15, 0.2) is 40.6 Å². The van der Waals surface area contributed by atoms with Gasteiger partial charge in [0.1, 0.15) is 16.9 Å². The molecule has 4 rings (SSSR count). The van der Waals surface area contributed by atoms with Crippen LogP contribution in [0.2, 0.25) is 0 Å². The Bertz CT molecular complexity index is 1860. The molecule has 1 aliphatic carbocycles. The molecule has 0 saturated heterocycles. The summed E-state index contributed by atoms with van der Waals surface area (Å²) in [6.07, 6.45) is 1.03. The molecule has 0 unspecified atom stereocenters. The van der Waals surface area contributed by atoms with Gasteiger partial charge < -0.3 is 14.2 Å². The van der Waals surface area contributed by atoms with Crippen LogP contribution in [0.5, 0.6) is 0 Å². The van der Waals surface area contributed by atoms with E-state index in [4.69, 9.17) is 9.68 Å². The zero-order valence-electron chi connectivity index (χ0n) is 26.8. The Kier molecular flexibility index (Phi) is 10.3. The first kappa shape index (κ1) is 34.5. The van der Waals surface area contributed by atoms with Gasteiger partial charge in [-0.3, -0.25) is 29.8 Å². The normalized spacial score (nSPS) is 17.3. The molecule has 0 bridgehead atoms. The van der Waals surface area contributed by atoms with Gasteiger partial charge in [0.15, 0.2) is 0 Å². The topological polar surface area (TPSA) is 203 Å². The lowest BCUT2D eigenvalue weighted by Crippen LogP contribution is -2.33. The van der Waals surface area contributed by atoms with E-state index in [1.54, 1.807) is 45.4 Å². The third-order valence-electron chi connectivity index (χ3n) is 8.19. The molecule has 1 fully saturated rings. The smallest absolute Gasteiger partial charge is 0.337 e. The van der Waals surface area contributed by atoms with Crippen molar-refractivity contribution >= 4 is 62.4 Å². The first-order chi connectivity index (χ1) is 22.1. The van der Waals surface area contributed by atoms with Crippen LogP contribution < -0.4 is 0 Å². The summed E-state index contributed by atoms with van der Waals surface area (Å²) in [6, 6.07) is 6.47. The van der Waals surface area contributed by atoms with Crippen LogP contribution in [0.3, 0.4) is 0 Å². The van der Waals surface area contributed by atoms with Crippen molar-refractivity contribution in [2.24, 2.45) is 35.1 Å². The van der Waals surface area contributed by atoms with Crippen LogP contribution in [-0.4, -0.2) is 55.4 Å². The van der Waals surface area contributed by atoms with Crippen molar-refractivity contribution in [3.05, 3.63) is 61.7 Å². The van der Waals surface area contributed by atoms with Crippen LogP contribution in [0, 0.1) is 38.0 Å². The maximum Gasteiger partial charge on any atom is 0.337 e. The zero-order chi connectivity index (χ0) is 34.7. The van der Waals surface area contributed by atoms with E-state index in [1.807, 2.05) is 0 Å². The van der Waals surface area contributed by atoms with Gasteiger partial charge >= 0.3 is 11.9 Å². The largest absolute Gasteiger partial charge is 0.338 e. The quantitative estimate of drug-likeness (QED) is 0.0830. The number of ketones is 2. The Morgan fingerprint density at radius 1 is 0.830 bits per heavy atom. The average molecular weight is 650 g/mol. The number of carbonyl (C=O) groups is 4. The van der Waals surface area contributed by atoms with Gasteiger partial charge in [0.2, 0.25) is 17.6 Å². The highest BCUT2D eigenvalue weighted by molar-refractivity contribution is 6.47. The van der Waals surface area contributed by atoms with Crippen LogP contribution in [-0.2, 0) is 26.3 Å². The number of hydrogen-bond donors (Lipinski definition) is 0. The van der Waals surface area contributed by atoms with E-state index < -0.39 is 52.2 Å². The van der Waals surface area contributed by atoms with Gasteiger partial charge in [0, 0.05) is 64.2 Å². The number of oxime groups is 2. The summed E-state index contributed by atoms with van der Waals surface area (Å²) in [5.41, 5.74) is 0.160. The molecule has 3 aromatic rings. The lowest BCUT2D eigenvalue weighted by atomic mass is 9.81. The molecule has 15 nitrogen and oxygen atoms in total. The molecule has 1 saturated carbocycles. The second-order valence-corrected chi connectivity index (χ2v) is 12.2. The molecule has 248 valence electrons. The molecule has 47 heavy (non-hydrogen) atoms. The summed E-state index contributed by atoms with van der Waals surface area (Å²) in [5.74, 6) is -4.09. The van der Waals surface area contributed by atoms with E-state index in [1.165, 1.54) is 25.1 Å². The van der Waals surface area contributed by atoms with Crippen molar-refractivity contribution in [1.29, 1.82) is 0 Å². The number of benzene rings is 2. The molecule has 2 aromatic carbocycles. The minimum Gasteiger partial charge on any atom is -0.338 e. The van der Waals surface area contributed by atoms with Gasteiger partial charge in [-0.15, -0.1) is 0 Å². The predicted octanol–water partition coefficient (Wildman–Crippen LogP) is 5.57. The van der Waals surface area contributed by atoms with Gasteiger partial charge in [0.25, 0.3) is 5.69 Å². The molecule has 0 N–H and O–H groups in total. The van der Waals surface area contributed by atoms with Crippen molar-refractivity contribution in [2.75, 3.05) is 0 Å². The van der Waals surface area contributed by atoms with E-state index in [2.05, 4.69) is 10.3 Å². The number of nitro benzene ring substituents is 1. The number of fused-ring (bicyclic) bond motifs is 3. The fraction of sp³-hybridized carbons (Fsp3) is 0.438. The SMILES string of the molecule is C/C(=N\OC(=O)C(C)C)C(=O)c1cc([N+](=O)[O-])c2c(c1)c1cc(C(=O)/C(=N/OC(=O)C(C)C)C3CCC([N+](=O)[O-])CC3)ccc1n2C. The molecular weight excluding hydrogens is 614 g/mol. The van der Waals surface area contributed by atoms with Crippen molar-refractivity contribution < 1.29 is 38.7 Å². The average Bonchev–Trinajstić information content (AvgIpc) is 3.33. The third kappa shape index (κ3) is 7.23. The summed E-state index contributed by atoms with van der Waals surface area (Å²) in [5, 5.41) is 31.8. The summed E-state index contributed by atoms with van der Waals surface area (Å²) in [7, 11) is 1.62. The number of carbonyl (C=O) groups excluding carboxylic acids is 4. The minimum atomic E-state index is -0.739. The number of aromatic nitrogens is 1. The van der Waals surface area contributed by atoms with Crippen molar-refractivity contribution in [2.45, 2.75) is 66.3 Å². The van der Waals surface area contributed by atoms with E-state index in [0.717, 1.165) is 6.07 Å². The van der Waals surface area contributed by atoms with E-state index in [0.29, 0.717) is 16.3 Å². The molecule has 1 aliphatic rings. The molecule has 1 aromatic heterocycles. The Morgan fingerprint density at radius 2 is 1.40 bits per heavy atom. The number of hydrogen-bond acceptors (Lipinski definition) is 12. The lowest BCUT2D eigenvalue weighted by molar-refractivity contribution is -0.526. The number of nitro groups is 2. The summed E-state index contributed by atoms with van der Waals surface area (Å²) < 4.78 is 1.58. The maximum atomic E-state index is 14.0. The van der Waals surface area contributed by atoms with E-state index >= 15 is 0 Å². The molecular formula is C32H35N5O10. The maximum absolute atomic E-state index is 14.0. The highest BCUT2D eigenvalue weighted by Crippen LogP contribution is 2.37. The molecule has 15 heteroatoms. The number of aryl methyl sites for hydroxylation is 1. The molecule has 1 heterocycles. The number of nitrogens with zero attached hydrogens (tertiary/aromatic N) is 5. The second kappa shape index (κ2) is 14.0. The van der Waals surface area contributed by atoms with Crippen LogP contribution >= 0.6 is 0 Å². The second-order valence-electron chi connectivity index (χ2n) is 12.2. The summed E-state index contributed by atoms with van der Waals surface area (Å²) in [4.78, 5) is 83.7.